The van der Waals surface area contributed by atoms with Crippen LogP contribution in [0.4, 0.5) is 5.69 Å². The van der Waals surface area contributed by atoms with E-state index in [0.29, 0.717) is 52.8 Å². The number of aliphatic hydroxyl groups is 1. The fourth-order valence-electron chi connectivity index (χ4n) is 3.56. The van der Waals surface area contributed by atoms with Gasteiger partial charge in [-0.3, -0.25) is 9.59 Å². The third-order valence-electron chi connectivity index (χ3n) is 5.39. The number of esters is 1. The van der Waals surface area contributed by atoms with Gasteiger partial charge >= 0.3 is 5.97 Å². The Morgan fingerprint density at radius 1 is 0.971 bits per heavy atom. The van der Waals surface area contributed by atoms with Gasteiger partial charge in [-0.05, 0) is 74.2 Å². The zero-order chi connectivity index (χ0) is 25.0. The fourth-order valence-corrected chi connectivity index (χ4v) is 3.74. The van der Waals surface area contributed by atoms with Crippen molar-refractivity contribution in [3.05, 3.63) is 94.5 Å². The van der Waals surface area contributed by atoms with Crippen molar-refractivity contribution in [2.45, 2.75) is 38.7 Å². The number of ether oxygens (including phenoxy) is 2. The average Bonchev–Trinajstić information content (AvgIpc) is 2.87. The Balaban J connectivity index is 1.54. The number of hydrogen-bond donors (Lipinski definition) is 2. The number of amides is 1. The van der Waals surface area contributed by atoms with Crippen molar-refractivity contribution < 1.29 is 24.2 Å². The Bertz CT molecular complexity index is 1100. The van der Waals surface area contributed by atoms with E-state index in [4.69, 9.17) is 21.1 Å². The molecule has 0 bridgehead atoms. The van der Waals surface area contributed by atoms with Crippen LogP contribution in [0.1, 0.15) is 60.2 Å². The van der Waals surface area contributed by atoms with Crippen LogP contribution >= 0.6 is 11.6 Å². The molecule has 3 aromatic carbocycles. The van der Waals surface area contributed by atoms with Gasteiger partial charge in [-0.25, -0.2) is 0 Å². The van der Waals surface area contributed by atoms with Crippen molar-refractivity contribution in [1.29, 1.82) is 0 Å². The van der Waals surface area contributed by atoms with E-state index < -0.39 is 6.10 Å². The summed E-state index contributed by atoms with van der Waals surface area (Å²) in [5.41, 5.74) is 2.16. The number of nitrogens with one attached hydrogen (secondary N) is 1. The van der Waals surface area contributed by atoms with Crippen molar-refractivity contribution in [2.24, 2.45) is 0 Å². The van der Waals surface area contributed by atoms with Gasteiger partial charge in [-0.1, -0.05) is 41.9 Å². The zero-order valence-electron chi connectivity index (χ0n) is 19.7. The van der Waals surface area contributed by atoms with Crippen LogP contribution in [0.15, 0.2) is 72.8 Å². The summed E-state index contributed by atoms with van der Waals surface area (Å²) in [7, 11) is 0. The predicted molar refractivity (Wildman–Crippen MR) is 137 cm³/mol. The Labute approximate surface area is 210 Å². The van der Waals surface area contributed by atoms with Gasteiger partial charge in [0.2, 0.25) is 0 Å². The monoisotopic (exact) mass is 495 g/mol. The van der Waals surface area contributed by atoms with Gasteiger partial charge in [0, 0.05) is 28.3 Å². The van der Waals surface area contributed by atoms with E-state index in [0.717, 1.165) is 19.3 Å². The van der Waals surface area contributed by atoms with Gasteiger partial charge in [-0.15, -0.1) is 0 Å². The highest BCUT2D eigenvalue weighted by molar-refractivity contribution is 6.30. The SMILES string of the molecule is CCOC(=O)CCCCCOc1ccc(C(=O)Nc2ccc(Cl)cc2C(O)c2ccccc2)cc1. The van der Waals surface area contributed by atoms with Gasteiger partial charge in [0.25, 0.3) is 5.91 Å². The minimum absolute atomic E-state index is 0.164. The lowest BCUT2D eigenvalue weighted by Gasteiger charge is -2.17. The Morgan fingerprint density at radius 2 is 1.71 bits per heavy atom. The molecule has 1 amide bonds. The second-order valence-electron chi connectivity index (χ2n) is 7.99. The van der Waals surface area contributed by atoms with E-state index in [1.54, 1.807) is 49.4 Å². The number of anilines is 1. The highest BCUT2D eigenvalue weighted by atomic mass is 35.5. The van der Waals surface area contributed by atoms with E-state index in [1.807, 2.05) is 30.3 Å². The second-order valence-corrected chi connectivity index (χ2v) is 8.42. The summed E-state index contributed by atoms with van der Waals surface area (Å²) in [5.74, 6) is 0.195. The lowest BCUT2D eigenvalue weighted by molar-refractivity contribution is -0.143. The molecule has 0 aliphatic carbocycles. The molecule has 3 aromatic rings. The lowest BCUT2D eigenvalue weighted by Crippen LogP contribution is -2.14. The number of carbonyl (C=O) groups is 2. The van der Waals surface area contributed by atoms with E-state index in [2.05, 4.69) is 5.32 Å². The second kappa shape index (κ2) is 13.5. The number of benzene rings is 3. The molecule has 2 N–H and O–H groups in total. The highest BCUT2D eigenvalue weighted by Crippen LogP contribution is 2.31. The Hall–Kier alpha value is -3.35. The third kappa shape index (κ3) is 8.12. The molecule has 0 heterocycles. The van der Waals surface area contributed by atoms with E-state index >= 15 is 0 Å². The van der Waals surface area contributed by atoms with Crippen molar-refractivity contribution in [3.8, 4) is 5.75 Å². The Kier molecular flexibility index (Phi) is 10.1. The van der Waals surface area contributed by atoms with Gasteiger partial charge in [0.15, 0.2) is 0 Å². The molecular formula is C28H30ClNO5. The number of carbonyl (C=O) groups excluding carboxylic acids is 2. The van der Waals surface area contributed by atoms with Gasteiger partial charge in [0.1, 0.15) is 11.9 Å². The van der Waals surface area contributed by atoms with Crippen LogP contribution in [0.2, 0.25) is 5.02 Å². The average molecular weight is 496 g/mol. The summed E-state index contributed by atoms with van der Waals surface area (Å²) < 4.78 is 10.6. The zero-order valence-corrected chi connectivity index (χ0v) is 20.5. The van der Waals surface area contributed by atoms with Crippen molar-refractivity contribution in [2.75, 3.05) is 18.5 Å². The molecule has 1 unspecified atom stereocenters. The molecule has 1 atom stereocenters. The maximum absolute atomic E-state index is 12.9. The molecule has 7 heteroatoms. The largest absolute Gasteiger partial charge is 0.494 e. The minimum atomic E-state index is -0.932. The normalized spacial score (nSPS) is 11.5. The van der Waals surface area contributed by atoms with Crippen LogP contribution in [-0.2, 0) is 9.53 Å². The standard InChI is InChI=1S/C28H30ClNO5/c1-2-34-26(31)11-7-4-8-18-35-23-15-12-21(13-16-23)28(33)30-25-17-14-22(29)19-24(25)27(32)20-9-5-3-6-10-20/h3,5-6,9-10,12-17,19,27,32H,2,4,7-8,11,18H2,1H3,(H,30,33). The molecule has 0 radical (unpaired) electrons. The van der Waals surface area contributed by atoms with Crippen LogP contribution in [0.25, 0.3) is 0 Å². The molecule has 0 spiro atoms. The maximum atomic E-state index is 12.9. The summed E-state index contributed by atoms with van der Waals surface area (Å²) in [5, 5.41) is 14.2. The summed E-state index contributed by atoms with van der Waals surface area (Å²) in [4.78, 5) is 24.2. The molecule has 0 aromatic heterocycles. The van der Waals surface area contributed by atoms with E-state index in [9.17, 15) is 14.7 Å². The van der Waals surface area contributed by atoms with Crippen LogP contribution < -0.4 is 10.1 Å². The molecular weight excluding hydrogens is 466 g/mol. The van der Waals surface area contributed by atoms with Crippen LogP contribution in [0.5, 0.6) is 5.75 Å². The van der Waals surface area contributed by atoms with Crippen molar-refractivity contribution in [1.82, 2.24) is 0 Å². The minimum Gasteiger partial charge on any atom is -0.494 e. The third-order valence-corrected chi connectivity index (χ3v) is 5.62. The summed E-state index contributed by atoms with van der Waals surface area (Å²) in [6, 6.07) is 21.1. The molecule has 6 nitrogen and oxygen atoms in total. The van der Waals surface area contributed by atoms with E-state index in [-0.39, 0.29) is 11.9 Å². The van der Waals surface area contributed by atoms with E-state index in [1.165, 1.54) is 0 Å². The van der Waals surface area contributed by atoms with Crippen LogP contribution in [0, 0.1) is 0 Å². The molecule has 184 valence electrons. The van der Waals surface area contributed by atoms with Gasteiger partial charge in [-0.2, -0.15) is 0 Å². The number of unbranched alkanes of at least 4 members (excludes halogenated alkanes) is 2. The first-order valence-electron chi connectivity index (χ1n) is 11.7. The van der Waals surface area contributed by atoms with Gasteiger partial charge < -0.3 is 19.9 Å². The van der Waals surface area contributed by atoms with Crippen molar-refractivity contribution >= 4 is 29.2 Å². The number of aliphatic hydroxyl groups excluding tert-OH is 1. The molecule has 3 rings (SSSR count). The molecule has 0 aliphatic rings. The Morgan fingerprint density at radius 3 is 2.43 bits per heavy atom. The predicted octanol–water partition coefficient (Wildman–Crippen LogP) is 6.18. The number of rotatable bonds is 12. The lowest BCUT2D eigenvalue weighted by atomic mass is 9.99. The molecule has 35 heavy (non-hydrogen) atoms. The topological polar surface area (TPSA) is 84.9 Å². The van der Waals surface area contributed by atoms with Crippen molar-refractivity contribution in [3.63, 3.8) is 0 Å². The first-order valence-corrected chi connectivity index (χ1v) is 12.1. The molecule has 0 aliphatic heterocycles. The quantitative estimate of drug-likeness (QED) is 0.231. The van der Waals surface area contributed by atoms with Crippen LogP contribution in [-0.4, -0.2) is 30.2 Å². The molecule has 0 saturated carbocycles. The number of hydrogen-bond acceptors (Lipinski definition) is 5. The molecule has 0 fully saturated rings. The summed E-state index contributed by atoms with van der Waals surface area (Å²) in [6.07, 6.45) is 1.96. The smallest absolute Gasteiger partial charge is 0.305 e. The fraction of sp³-hybridized carbons (Fsp3) is 0.286. The summed E-state index contributed by atoms with van der Waals surface area (Å²) in [6.45, 7) is 2.73. The maximum Gasteiger partial charge on any atom is 0.305 e. The highest BCUT2D eigenvalue weighted by Gasteiger charge is 2.17. The number of halogens is 1. The first kappa shape index (κ1) is 26.3. The molecule has 0 saturated heterocycles. The van der Waals surface area contributed by atoms with Crippen LogP contribution in [0.3, 0.4) is 0 Å². The summed E-state index contributed by atoms with van der Waals surface area (Å²) >= 11 is 6.16. The van der Waals surface area contributed by atoms with Gasteiger partial charge in [0.05, 0.1) is 13.2 Å². The first-order chi connectivity index (χ1) is 17.0.